The number of methoxy groups -OCH3 is 1. The van der Waals surface area contributed by atoms with Crippen LogP contribution in [0.3, 0.4) is 0 Å². The Balaban J connectivity index is 2.48. The topological polar surface area (TPSA) is 97.7 Å². The summed E-state index contributed by atoms with van der Waals surface area (Å²) in [5.74, 6) is -0.771. The van der Waals surface area contributed by atoms with E-state index in [0.717, 1.165) is 5.01 Å². The smallest absolute Gasteiger partial charge is 0.355 e. The van der Waals surface area contributed by atoms with Gasteiger partial charge >= 0.3 is 16.2 Å². The van der Waals surface area contributed by atoms with E-state index in [2.05, 4.69) is 14.1 Å². The highest BCUT2D eigenvalue weighted by atomic mass is 32.2. The molecular formula is C9H9N3O4S2. The lowest BCUT2D eigenvalue weighted by Gasteiger charge is -2.12. The fourth-order valence-corrected chi connectivity index (χ4v) is 2.96. The van der Waals surface area contributed by atoms with E-state index < -0.39 is 16.2 Å². The highest BCUT2D eigenvalue weighted by Gasteiger charge is 2.24. The second-order valence-electron chi connectivity index (χ2n) is 3.35. The zero-order valence-corrected chi connectivity index (χ0v) is 11.1. The van der Waals surface area contributed by atoms with Gasteiger partial charge in [-0.15, -0.1) is 15.7 Å². The minimum Gasteiger partial charge on any atom is -0.464 e. The molecule has 0 aromatic carbocycles. The molecule has 0 spiro atoms. The standard InChI is InChI=1S/C9H9N3O4S2/c1-5-10-4-8(17-5)6-3-7(9(13)16-2)12-18(14,15)11-6/h3-4,12H,1-2H3. The summed E-state index contributed by atoms with van der Waals surface area (Å²) in [6.45, 7) is 1.79. The summed E-state index contributed by atoms with van der Waals surface area (Å²) >= 11 is 1.29. The van der Waals surface area contributed by atoms with E-state index in [1.54, 1.807) is 6.92 Å². The molecule has 0 saturated heterocycles. The average Bonchev–Trinajstić information content (AvgIpc) is 2.72. The molecule has 96 valence electrons. The maximum atomic E-state index is 11.5. The van der Waals surface area contributed by atoms with Gasteiger partial charge in [-0.25, -0.2) is 9.78 Å². The summed E-state index contributed by atoms with van der Waals surface area (Å²) in [4.78, 5) is 15.9. The third-order valence-corrected chi connectivity index (χ3v) is 3.87. The molecule has 1 aliphatic rings. The Bertz CT molecular complexity index is 657. The number of ether oxygens (including phenoxy) is 1. The number of aryl methyl sites for hydroxylation is 1. The van der Waals surface area contributed by atoms with Crippen molar-refractivity contribution < 1.29 is 17.9 Å². The van der Waals surface area contributed by atoms with E-state index in [4.69, 9.17) is 0 Å². The van der Waals surface area contributed by atoms with Crippen LogP contribution in [0.5, 0.6) is 0 Å². The average molecular weight is 287 g/mol. The van der Waals surface area contributed by atoms with E-state index in [-0.39, 0.29) is 11.4 Å². The largest absolute Gasteiger partial charge is 0.464 e. The Morgan fingerprint density at radius 1 is 1.50 bits per heavy atom. The summed E-state index contributed by atoms with van der Waals surface area (Å²) in [6, 6.07) is 0. The molecule has 1 aromatic heterocycles. The first-order valence-electron chi connectivity index (χ1n) is 4.77. The van der Waals surface area contributed by atoms with Crippen molar-refractivity contribution in [1.82, 2.24) is 9.71 Å². The van der Waals surface area contributed by atoms with Crippen LogP contribution >= 0.6 is 11.3 Å². The summed E-state index contributed by atoms with van der Waals surface area (Å²) in [7, 11) is -2.76. The Kier molecular flexibility index (Phi) is 3.18. The van der Waals surface area contributed by atoms with Crippen LogP contribution in [-0.4, -0.2) is 32.2 Å². The highest BCUT2D eigenvalue weighted by Crippen LogP contribution is 2.18. The van der Waals surface area contributed by atoms with Gasteiger partial charge in [0.2, 0.25) is 0 Å². The third kappa shape index (κ3) is 2.57. The van der Waals surface area contributed by atoms with Crippen LogP contribution in [0, 0.1) is 6.92 Å². The minimum absolute atomic E-state index is 0.166. The van der Waals surface area contributed by atoms with Crippen molar-refractivity contribution in [3.63, 3.8) is 0 Å². The van der Waals surface area contributed by atoms with Gasteiger partial charge in [-0.1, -0.05) is 0 Å². The van der Waals surface area contributed by atoms with Gasteiger partial charge < -0.3 is 4.74 Å². The molecule has 0 radical (unpaired) electrons. The van der Waals surface area contributed by atoms with E-state index >= 15 is 0 Å². The minimum atomic E-state index is -3.93. The zero-order chi connectivity index (χ0) is 13.3. The molecule has 1 aromatic rings. The molecule has 7 nitrogen and oxygen atoms in total. The van der Waals surface area contributed by atoms with Crippen molar-refractivity contribution in [1.29, 1.82) is 0 Å². The molecule has 1 N–H and O–H groups in total. The molecule has 0 unspecified atom stereocenters. The lowest BCUT2D eigenvalue weighted by Crippen LogP contribution is -2.31. The predicted octanol–water partition coefficient (Wildman–Crippen LogP) is 0.146. The highest BCUT2D eigenvalue weighted by molar-refractivity contribution is 7.88. The second-order valence-corrected chi connectivity index (χ2v) is 5.92. The number of carbonyl (C=O) groups excluding carboxylic acids is 1. The van der Waals surface area contributed by atoms with Gasteiger partial charge in [0.05, 0.1) is 22.7 Å². The van der Waals surface area contributed by atoms with Crippen LogP contribution < -0.4 is 4.72 Å². The van der Waals surface area contributed by atoms with Gasteiger partial charge in [-0.2, -0.15) is 8.42 Å². The van der Waals surface area contributed by atoms with Crippen LogP contribution in [0.2, 0.25) is 0 Å². The van der Waals surface area contributed by atoms with Crippen molar-refractivity contribution in [2.75, 3.05) is 7.11 Å². The lowest BCUT2D eigenvalue weighted by molar-refractivity contribution is -0.136. The number of hydrogen-bond donors (Lipinski definition) is 1. The molecule has 9 heteroatoms. The van der Waals surface area contributed by atoms with Crippen molar-refractivity contribution >= 4 is 33.2 Å². The number of hydrogen-bond acceptors (Lipinski definition) is 6. The van der Waals surface area contributed by atoms with E-state index in [1.807, 2.05) is 4.72 Å². The Morgan fingerprint density at radius 2 is 2.22 bits per heavy atom. The van der Waals surface area contributed by atoms with Gasteiger partial charge in [0.25, 0.3) is 0 Å². The Morgan fingerprint density at radius 3 is 2.78 bits per heavy atom. The molecule has 18 heavy (non-hydrogen) atoms. The molecule has 1 aliphatic heterocycles. The number of carbonyl (C=O) groups is 1. The Labute approximate surface area is 107 Å². The monoisotopic (exact) mass is 287 g/mol. The predicted molar refractivity (Wildman–Crippen MR) is 65.5 cm³/mol. The summed E-state index contributed by atoms with van der Waals surface area (Å²) in [6.07, 6.45) is 2.82. The lowest BCUT2D eigenvalue weighted by atomic mass is 10.2. The third-order valence-electron chi connectivity index (χ3n) is 2.02. The SMILES string of the molecule is COC(=O)C1=CC(c2cnc(C)s2)=NS(=O)(=O)N1. The van der Waals surface area contributed by atoms with Crippen molar-refractivity contribution in [2.24, 2.45) is 4.40 Å². The summed E-state index contributed by atoms with van der Waals surface area (Å²) in [5, 5.41) is 0.775. The van der Waals surface area contributed by atoms with E-state index in [1.165, 1.54) is 30.7 Å². The maximum absolute atomic E-state index is 11.5. The first kappa shape index (κ1) is 12.7. The van der Waals surface area contributed by atoms with E-state index in [0.29, 0.717) is 4.88 Å². The van der Waals surface area contributed by atoms with Crippen molar-refractivity contribution in [2.45, 2.75) is 6.92 Å². The number of esters is 1. The zero-order valence-electron chi connectivity index (χ0n) is 9.50. The van der Waals surface area contributed by atoms with Gasteiger partial charge in [-0.05, 0) is 13.0 Å². The van der Waals surface area contributed by atoms with Crippen LogP contribution in [0.4, 0.5) is 0 Å². The van der Waals surface area contributed by atoms with Crippen LogP contribution in [-0.2, 0) is 19.7 Å². The molecule has 0 atom stereocenters. The number of nitrogens with one attached hydrogen (secondary N) is 1. The maximum Gasteiger partial charge on any atom is 0.355 e. The molecule has 2 rings (SSSR count). The number of nitrogens with zero attached hydrogens (tertiary/aromatic N) is 2. The summed E-state index contributed by atoms with van der Waals surface area (Å²) in [5.41, 5.74) is -0.00620. The van der Waals surface area contributed by atoms with Crippen LogP contribution in [0.1, 0.15) is 9.88 Å². The van der Waals surface area contributed by atoms with Crippen molar-refractivity contribution in [3.05, 3.63) is 27.9 Å². The van der Waals surface area contributed by atoms with Gasteiger partial charge in [0.15, 0.2) is 0 Å². The molecule has 0 aliphatic carbocycles. The molecular weight excluding hydrogens is 278 g/mol. The number of allylic oxidation sites excluding steroid dienone is 1. The second kappa shape index (κ2) is 4.50. The fourth-order valence-electron chi connectivity index (χ4n) is 1.29. The number of rotatable bonds is 2. The molecule has 0 bridgehead atoms. The number of aromatic nitrogens is 1. The number of thiazole rings is 1. The Hall–Kier alpha value is -1.74. The van der Waals surface area contributed by atoms with Crippen LogP contribution in [0.25, 0.3) is 0 Å². The molecule has 0 saturated carbocycles. The quantitative estimate of drug-likeness (QED) is 0.781. The summed E-state index contributed by atoms with van der Waals surface area (Å²) < 4.78 is 33.0. The normalized spacial score (nSPS) is 17.4. The van der Waals surface area contributed by atoms with Crippen LogP contribution in [0.15, 0.2) is 22.4 Å². The molecule has 0 amide bonds. The molecule has 0 fully saturated rings. The van der Waals surface area contributed by atoms with Gasteiger partial charge in [0.1, 0.15) is 5.70 Å². The van der Waals surface area contributed by atoms with Crippen molar-refractivity contribution in [3.8, 4) is 0 Å². The molecule has 2 heterocycles. The van der Waals surface area contributed by atoms with E-state index in [9.17, 15) is 13.2 Å². The van der Waals surface area contributed by atoms with Gasteiger partial charge in [-0.3, -0.25) is 4.72 Å². The van der Waals surface area contributed by atoms with Gasteiger partial charge in [0, 0.05) is 6.20 Å². The first-order valence-corrected chi connectivity index (χ1v) is 7.02. The fraction of sp³-hybridized carbons (Fsp3) is 0.222. The first-order chi connectivity index (χ1) is 8.41.